The lowest BCUT2D eigenvalue weighted by molar-refractivity contribution is 0.191. The summed E-state index contributed by atoms with van der Waals surface area (Å²) >= 11 is 8.34. The van der Waals surface area contributed by atoms with Crippen molar-refractivity contribution < 1.29 is 9.84 Å². The van der Waals surface area contributed by atoms with Crippen LogP contribution in [-0.2, 0) is 0 Å². The number of anilines is 1. The molecular formula is C15H15ClINO2. The predicted octanol–water partition coefficient (Wildman–Crippen LogP) is 4.10. The number of rotatable bonds is 5. The lowest BCUT2D eigenvalue weighted by atomic mass is 10.1. The summed E-state index contributed by atoms with van der Waals surface area (Å²) in [5.41, 5.74) is 1.62. The van der Waals surface area contributed by atoms with Crippen LogP contribution in [0.15, 0.2) is 42.5 Å². The van der Waals surface area contributed by atoms with Crippen molar-refractivity contribution >= 4 is 39.9 Å². The second-order valence-corrected chi connectivity index (χ2v) is 5.95. The first kappa shape index (κ1) is 15.4. The van der Waals surface area contributed by atoms with Crippen LogP contribution in [0.25, 0.3) is 0 Å². The Labute approximate surface area is 137 Å². The molecule has 0 aliphatic carbocycles. The van der Waals surface area contributed by atoms with Crippen LogP contribution in [0, 0.1) is 3.57 Å². The number of benzene rings is 2. The number of aliphatic hydroxyl groups is 1. The zero-order valence-corrected chi connectivity index (χ0v) is 13.9. The fourth-order valence-electron chi connectivity index (χ4n) is 1.81. The van der Waals surface area contributed by atoms with Gasteiger partial charge in [-0.1, -0.05) is 23.7 Å². The largest absolute Gasteiger partial charge is 0.497 e. The van der Waals surface area contributed by atoms with E-state index in [4.69, 9.17) is 16.3 Å². The molecule has 0 saturated heterocycles. The Balaban J connectivity index is 2.02. The smallest absolute Gasteiger partial charge is 0.119 e. The highest BCUT2D eigenvalue weighted by molar-refractivity contribution is 14.1. The predicted molar refractivity (Wildman–Crippen MR) is 90.6 cm³/mol. The van der Waals surface area contributed by atoms with Gasteiger partial charge in [0.15, 0.2) is 0 Å². The average molecular weight is 404 g/mol. The molecule has 1 atom stereocenters. The van der Waals surface area contributed by atoms with Gasteiger partial charge in [0, 0.05) is 10.1 Å². The molecular weight excluding hydrogens is 389 g/mol. The van der Waals surface area contributed by atoms with Crippen LogP contribution < -0.4 is 10.1 Å². The monoisotopic (exact) mass is 403 g/mol. The van der Waals surface area contributed by atoms with Gasteiger partial charge < -0.3 is 15.2 Å². The quantitative estimate of drug-likeness (QED) is 0.739. The minimum atomic E-state index is -0.625. The molecule has 0 aliphatic rings. The minimum absolute atomic E-state index is 0.382. The summed E-state index contributed by atoms with van der Waals surface area (Å²) in [4.78, 5) is 0. The molecule has 0 spiro atoms. The number of methoxy groups -OCH3 is 1. The number of hydrogen-bond donors (Lipinski definition) is 2. The number of nitrogens with one attached hydrogen (secondary N) is 1. The normalized spacial score (nSPS) is 12.0. The van der Waals surface area contributed by atoms with E-state index in [2.05, 4.69) is 27.9 Å². The highest BCUT2D eigenvalue weighted by atomic mass is 127. The fraction of sp³-hybridized carbons (Fsp3) is 0.200. The van der Waals surface area contributed by atoms with Gasteiger partial charge in [-0.25, -0.2) is 0 Å². The molecule has 2 N–H and O–H groups in total. The summed E-state index contributed by atoms with van der Waals surface area (Å²) in [6, 6.07) is 13.1. The van der Waals surface area contributed by atoms with Gasteiger partial charge in [-0.2, -0.15) is 0 Å². The molecule has 2 rings (SSSR count). The molecule has 5 heteroatoms. The third kappa shape index (κ3) is 4.01. The minimum Gasteiger partial charge on any atom is -0.497 e. The third-order valence-corrected chi connectivity index (χ3v) is 3.88. The van der Waals surface area contributed by atoms with E-state index in [1.54, 1.807) is 7.11 Å². The molecule has 0 saturated carbocycles. The average Bonchev–Trinajstić information content (AvgIpc) is 2.46. The van der Waals surface area contributed by atoms with Crippen molar-refractivity contribution in [1.82, 2.24) is 0 Å². The molecule has 0 amide bonds. The first-order valence-corrected chi connectivity index (χ1v) is 7.57. The van der Waals surface area contributed by atoms with Gasteiger partial charge in [-0.3, -0.25) is 0 Å². The molecule has 0 aromatic heterocycles. The Morgan fingerprint density at radius 3 is 2.80 bits per heavy atom. The van der Waals surface area contributed by atoms with Crippen LogP contribution in [0.5, 0.6) is 5.75 Å². The first-order chi connectivity index (χ1) is 9.60. The van der Waals surface area contributed by atoms with E-state index in [0.717, 1.165) is 20.6 Å². The summed E-state index contributed by atoms with van der Waals surface area (Å²) in [5, 5.41) is 14.0. The first-order valence-electron chi connectivity index (χ1n) is 6.11. The summed E-state index contributed by atoms with van der Waals surface area (Å²) in [6.07, 6.45) is -0.625. The summed E-state index contributed by atoms with van der Waals surface area (Å²) in [7, 11) is 1.61. The molecule has 20 heavy (non-hydrogen) atoms. The van der Waals surface area contributed by atoms with Crippen molar-refractivity contribution in [3.05, 3.63) is 56.6 Å². The molecule has 1 unspecified atom stereocenters. The second kappa shape index (κ2) is 7.15. The van der Waals surface area contributed by atoms with Gasteiger partial charge in [0.2, 0.25) is 0 Å². The van der Waals surface area contributed by atoms with Crippen LogP contribution in [0.2, 0.25) is 5.02 Å². The fourth-order valence-corrected chi connectivity index (χ4v) is 2.73. The Kier molecular flexibility index (Phi) is 5.51. The van der Waals surface area contributed by atoms with Crippen molar-refractivity contribution in [2.75, 3.05) is 19.0 Å². The maximum atomic E-state index is 10.2. The van der Waals surface area contributed by atoms with Crippen LogP contribution in [0.1, 0.15) is 11.7 Å². The molecule has 106 valence electrons. The topological polar surface area (TPSA) is 41.5 Å². The van der Waals surface area contributed by atoms with Crippen molar-refractivity contribution in [2.45, 2.75) is 6.10 Å². The van der Waals surface area contributed by atoms with E-state index in [-0.39, 0.29) is 0 Å². The Morgan fingerprint density at radius 1 is 1.30 bits per heavy atom. The molecule has 0 heterocycles. The Bertz CT molecular complexity index is 592. The molecule has 0 aliphatic heterocycles. The maximum Gasteiger partial charge on any atom is 0.119 e. The van der Waals surface area contributed by atoms with Gasteiger partial charge in [0.1, 0.15) is 5.75 Å². The summed E-state index contributed by atoms with van der Waals surface area (Å²) in [6.45, 7) is 0.382. The highest BCUT2D eigenvalue weighted by Crippen LogP contribution is 2.25. The third-order valence-electron chi connectivity index (χ3n) is 2.90. The number of aliphatic hydroxyl groups excluding tert-OH is 1. The highest BCUT2D eigenvalue weighted by Gasteiger charge is 2.09. The van der Waals surface area contributed by atoms with Gasteiger partial charge in [-0.05, 0) is 58.5 Å². The maximum absolute atomic E-state index is 10.2. The standard InChI is InChI=1S/C15H15ClINO2/c1-20-12-4-2-3-10(7-12)15(19)9-18-14-6-5-11(17)8-13(14)16/h2-8,15,18-19H,9H2,1H3. The Morgan fingerprint density at radius 2 is 2.10 bits per heavy atom. The summed E-state index contributed by atoms with van der Waals surface area (Å²) in [5.74, 6) is 0.730. The molecule has 0 radical (unpaired) electrons. The second-order valence-electron chi connectivity index (χ2n) is 4.30. The van der Waals surface area contributed by atoms with Crippen LogP contribution in [0.3, 0.4) is 0 Å². The SMILES string of the molecule is COc1cccc(C(O)CNc2ccc(I)cc2Cl)c1. The number of ether oxygens (including phenoxy) is 1. The van der Waals surface area contributed by atoms with E-state index in [1.807, 2.05) is 42.5 Å². The number of halogens is 2. The van der Waals surface area contributed by atoms with Crippen LogP contribution in [-0.4, -0.2) is 18.8 Å². The zero-order chi connectivity index (χ0) is 14.5. The van der Waals surface area contributed by atoms with Gasteiger partial charge in [0.25, 0.3) is 0 Å². The van der Waals surface area contributed by atoms with Crippen molar-refractivity contribution in [3.63, 3.8) is 0 Å². The van der Waals surface area contributed by atoms with Crippen molar-refractivity contribution in [3.8, 4) is 5.75 Å². The van der Waals surface area contributed by atoms with Crippen LogP contribution >= 0.6 is 34.2 Å². The molecule has 0 bridgehead atoms. The van der Waals surface area contributed by atoms with Gasteiger partial charge in [-0.15, -0.1) is 0 Å². The van der Waals surface area contributed by atoms with E-state index >= 15 is 0 Å². The van der Waals surface area contributed by atoms with Crippen LogP contribution in [0.4, 0.5) is 5.69 Å². The number of hydrogen-bond acceptors (Lipinski definition) is 3. The van der Waals surface area contributed by atoms with Gasteiger partial charge in [0.05, 0.1) is 23.9 Å². The molecule has 2 aromatic carbocycles. The van der Waals surface area contributed by atoms with Crippen molar-refractivity contribution in [2.24, 2.45) is 0 Å². The van der Waals surface area contributed by atoms with E-state index in [1.165, 1.54) is 0 Å². The molecule has 2 aromatic rings. The summed E-state index contributed by atoms with van der Waals surface area (Å²) < 4.78 is 6.22. The molecule has 0 fully saturated rings. The molecule has 3 nitrogen and oxygen atoms in total. The van der Waals surface area contributed by atoms with E-state index in [9.17, 15) is 5.11 Å². The van der Waals surface area contributed by atoms with Gasteiger partial charge >= 0.3 is 0 Å². The van der Waals surface area contributed by atoms with E-state index < -0.39 is 6.10 Å². The van der Waals surface area contributed by atoms with E-state index in [0.29, 0.717) is 11.6 Å². The zero-order valence-electron chi connectivity index (χ0n) is 10.9. The van der Waals surface area contributed by atoms with Crippen molar-refractivity contribution in [1.29, 1.82) is 0 Å². The Hall–Kier alpha value is -0.980. The lowest BCUT2D eigenvalue weighted by Crippen LogP contribution is -2.12. The lowest BCUT2D eigenvalue weighted by Gasteiger charge is -2.15.